The summed E-state index contributed by atoms with van der Waals surface area (Å²) >= 11 is 16.3. The molecule has 16 heavy (non-hydrogen) atoms. The Morgan fingerprint density at radius 3 is 2.19 bits per heavy atom. The van der Waals surface area contributed by atoms with Crippen LogP contribution in [0.2, 0.25) is 15.2 Å². The first-order valence-corrected chi connectivity index (χ1v) is 5.55. The van der Waals surface area contributed by atoms with E-state index in [-0.39, 0.29) is 20.9 Å². The maximum absolute atomic E-state index is 12.1. The zero-order chi connectivity index (χ0) is 12.5. The van der Waals surface area contributed by atoms with E-state index in [0.717, 1.165) is 0 Å². The third kappa shape index (κ3) is 3.23. The first-order chi connectivity index (χ1) is 7.26. The largest absolute Gasteiger partial charge is 0.493 e. The molecule has 0 atom stereocenters. The molecule has 0 N–H and O–H groups in total. The Balaban J connectivity index is 3.26. The van der Waals surface area contributed by atoms with Crippen molar-refractivity contribution in [3.63, 3.8) is 0 Å². The van der Waals surface area contributed by atoms with Gasteiger partial charge in [0.05, 0.1) is 7.11 Å². The normalized spacial score (nSPS) is 11.7. The zero-order valence-electron chi connectivity index (χ0n) is 7.53. The minimum absolute atomic E-state index is 0.124. The average molecular weight is 313 g/mol. The van der Waals surface area contributed by atoms with Crippen LogP contribution in [0.5, 0.6) is 5.75 Å². The third-order valence-corrected chi connectivity index (χ3v) is 3.29. The highest BCUT2D eigenvalue weighted by Crippen LogP contribution is 2.46. The van der Waals surface area contributed by atoms with Crippen LogP contribution in [0.1, 0.15) is 0 Å². The topological polar surface area (TPSA) is 22.1 Å². The second-order valence-corrected chi connectivity index (χ2v) is 4.58. The molecule has 90 valence electrons. The molecular formula is C7H3Cl3F3NOS. The van der Waals surface area contributed by atoms with Gasteiger partial charge in [0.1, 0.15) is 15.1 Å². The molecule has 0 fully saturated rings. The lowest BCUT2D eigenvalue weighted by Gasteiger charge is -2.11. The fourth-order valence-corrected chi connectivity index (χ4v) is 2.18. The van der Waals surface area contributed by atoms with Crippen LogP contribution >= 0.6 is 46.6 Å². The quantitative estimate of drug-likeness (QED) is 0.585. The minimum Gasteiger partial charge on any atom is -0.493 e. The molecule has 0 spiro atoms. The highest BCUT2D eigenvalue weighted by Gasteiger charge is 2.33. The van der Waals surface area contributed by atoms with E-state index in [9.17, 15) is 13.2 Å². The molecule has 0 aliphatic rings. The van der Waals surface area contributed by atoms with E-state index in [2.05, 4.69) is 4.98 Å². The van der Waals surface area contributed by atoms with Crippen molar-refractivity contribution in [2.24, 2.45) is 0 Å². The minimum atomic E-state index is -4.52. The number of aromatic nitrogens is 1. The van der Waals surface area contributed by atoms with Crippen LogP contribution < -0.4 is 4.74 Å². The van der Waals surface area contributed by atoms with Gasteiger partial charge in [-0.15, -0.1) is 0 Å². The van der Waals surface area contributed by atoms with Crippen LogP contribution in [0.4, 0.5) is 13.2 Å². The number of halogens is 6. The molecule has 1 aromatic heterocycles. The number of thioether (sulfide) groups is 1. The number of nitrogens with zero attached hydrogens (tertiary/aromatic N) is 1. The molecule has 0 aliphatic carbocycles. The van der Waals surface area contributed by atoms with Crippen molar-refractivity contribution in [1.29, 1.82) is 0 Å². The van der Waals surface area contributed by atoms with Crippen LogP contribution in [0, 0.1) is 0 Å². The molecule has 0 radical (unpaired) electrons. The van der Waals surface area contributed by atoms with Gasteiger partial charge in [0.25, 0.3) is 0 Å². The molecule has 0 saturated heterocycles. The van der Waals surface area contributed by atoms with E-state index in [4.69, 9.17) is 39.5 Å². The second-order valence-electron chi connectivity index (χ2n) is 2.42. The summed E-state index contributed by atoms with van der Waals surface area (Å²) < 4.78 is 41.2. The predicted octanol–water partition coefficient (Wildman–Crippen LogP) is 4.66. The van der Waals surface area contributed by atoms with Crippen molar-refractivity contribution in [1.82, 2.24) is 4.98 Å². The van der Waals surface area contributed by atoms with Gasteiger partial charge < -0.3 is 4.74 Å². The molecule has 1 rings (SSSR count). The second kappa shape index (κ2) is 5.08. The van der Waals surface area contributed by atoms with Gasteiger partial charge in [0.15, 0.2) is 10.9 Å². The summed E-state index contributed by atoms with van der Waals surface area (Å²) in [4.78, 5) is 3.43. The van der Waals surface area contributed by atoms with Gasteiger partial charge in [-0.2, -0.15) is 13.2 Å². The van der Waals surface area contributed by atoms with Gasteiger partial charge in [-0.1, -0.05) is 34.8 Å². The van der Waals surface area contributed by atoms with Crippen molar-refractivity contribution in [3.8, 4) is 5.75 Å². The molecule has 0 unspecified atom stereocenters. The van der Waals surface area contributed by atoms with Gasteiger partial charge in [0.2, 0.25) is 0 Å². The van der Waals surface area contributed by atoms with Gasteiger partial charge in [-0.3, -0.25) is 0 Å². The standard InChI is InChI=1S/C7H3Cl3F3NOS/c1-15-4-2(8)5(10)14-6(3(4)9)16-7(11,12)13/h1H3. The van der Waals surface area contributed by atoms with Gasteiger partial charge in [0, 0.05) is 11.8 Å². The number of pyridine rings is 1. The third-order valence-electron chi connectivity index (χ3n) is 1.38. The van der Waals surface area contributed by atoms with E-state index >= 15 is 0 Å². The lowest BCUT2D eigenvalue weighted by Crippen LogP contribution is -2.02. The van der Waals surface area contributed by atoms with Crippen molar-refractivity contribution >= 4 is 46.6 Å². The van der Waals surface area contributed by atoms with Crippen LogP contribution in [-0.2, 0) is 0 Å². The summed E-state index contributed by atoms with van der Waals surface area (Å²) in [6.07, 6.45) is 0. The van der Waals surface area contributed by atoms with Crippen molar-refractivity contribution in [2.45, 2.75) is 10.5 Å². The van der Waals surface area contributed by atoms with Crippen LogP contribution in [0.25, 0.3) is 0 Å². The van der Waals surface area contributed by atoms with Gasteiger partial charge in [-0.25, -0.2) is 4.98 Å². The lowest BCUT2D eigenvalue weighted by molar-refractivity contribution is -0.0329. The summed E-state index contributed by atoms with van der Waals surface area (Å²) in [5, 5.41) is -1.24. The maximum Gasteiger partial charge on any atom is 0.447 e. The SMILES string of the molecule is COc1c(Cl)c(Cl)nc(SC(F)(F)F)c1Cl. The molecule has 1 aromatic rings. The van der Waals surface area contributed by atoms with Crippen LogP contribution in [0.15, 0.2) is 5.03 Å². The molecule has 9 heteroatoms. The monoisotopic (exact) mass is 311 g/mol. The number of rotatable bonds is 2. The lowest BCUT2D eigenvalue weighted by atomic mass is 10.4. The van der Waals surface area contributed by atoms with Crippen LogP contribution in [0.3, 0.4) is 0 Å². The van der Waals surface area contributed by atoms with E-state index in [1.165, 1.54) is 7.11 Å². The molecular weight excluding hydrogens is 310 g/mol. The summed E-state index contributed by atoms with van der Waals surface area (Å²) in [6, 6.07) is 0. The zero-order valence-corrected chi connectivity index (χ0v) is 10.6. The van der Waals surface area contributed by atoms with E-state index in [0.29, 0.717) is 0 Å². The molecule has 0 saturated carbocycles. The predicted molar refractivity (Wildman–Crippen MR) is 57.7 cm³/mol. The van der Waals surface area contributed by atoms with E-state index in [1.54, 1.807) is 0 Å². The number of alkyl halides is 3. The molecule has 0 aliphatic heterocycles. The molecule has 0 bridgehead atoms. The van der Waals surface area contributed by atoms with Crippen LogP contribution in [-0.4, -0.2) is 17.6 Å². The van der Waals surface area contributed by atoms with E-state index < -0.39 is 22.3 Å². The first kappa shape index (κ1) is 14.0. The first-order valence-electron chi connectivity index (χ1n) is 3.60. The fraction of sp³-hybridized carbons (Fsp3) is 0.286. The van der Waals surface area contributed by atoms with Gasteiger partial charge >= 0.3 is 5.51 Å². The Morgan fingerprint density at radius 2 is 1.75 bits per heavy atom. The number of hydrogen-bond acceptors (Lipinski definition) is 3. The number of ether oxygens (including phenoxy) is 1. The number of methoxy groups -OCH3 is 1. The van der Waals surface area contributed by atoms with Crippen molar-refractivity contribution in [3.05, 3.63) is 15.2 Å². The Bertz CT molecular complexity index is 413. The Morgan fingerprint density at radius 1 is 1.19 bits per heavy atom. The Kier molecular flexibility index (Phi) is 4.45. The number of hydrogen-bond donors (Lipinski definition) is 0. The van der Waals surface area contributed by atoms with E-state index in [1.807, 2.05) is 0 Å². The Labute approximate surface area is 108 Å². The average Bonchev–Trinajstić information content (AvgIpc) is 2.13. The van der Waals surface area contributed by atoms with Gasteiger partial charge in [-0.05, 0) is 0 Å². The molecule has 2 nitrogen and oxygen atoms in total. The highest BCUT2D eigenvalue weighted by molar-refractivity contribution is 8.00. The maximum atomic E-state index is 12.1. The molecule has 0 amide bonds. The Hall–Kier alpha value is -0.0400. The fourth-order valence-electron chi connectivity index (χ4n) is 0.831. The molecule has 0 aromatic carbocycles. The van der Waals surface area contributed by atoms with Crippen molar-refractivity contribution < 1.29 is 17.9 Å². The smallest absolute Gasteiger partial charge is 0.447 e. The molecule has 1 heterocycles. The van der Waals surface area contributed by atoms with Crippen molar-refractivity contribution in [2.75, 3.05) is 7.11 Å². The summed E-state index contributed by atoms with van der Waals surface area (Å²) in [6.45, 7) is 0. The summed E-state index contributed by atoms with van der Waals surface area (Å²) in [5.41, 5.74) is -4.52. The summed E-state index contributed by atoms with van der Waals surface area (Å²) in [7, 11) is 1.21. The highest BCUT2D eigenvalue weighted by atomic mass is 35.5. The summed E-state index contributed by atoms with van der Waals surface area (Å²) in [5.74, 6) is -0.130.